The fraction of sp³-hybridized carbons (Fsp3) is 0.316. The van der Waals surface area contributed by atoms with Gasteiger partial charge in [-0.25, -0.2) is 4.98 Å². The van der Waals surface area contributed by atoms with E-state index in [0.29, 0.717) is 13.2 Å². The Morgan fingerprint density at radius 1 is 1.09 bits per heavy atom. The molecule has 0 fully saturated rings. The predicted octanol–water partition coefficient (Wildman–Crippen LogP) is 3.88. The van der Waals surface area contributed by atoms with Crippen LogP contribution in [0.3, 0.4) is 0 Å². The van der Waals surface area contributed by atoms with Gasteiger partial charge in [0.25, 0.3) is 0 Å². The van der Waals surface area contributed by atoms with Crippen molar-refractivity contribution < 1.29 is 9.47 Å². The molecule has 4 heteroatoms. The second kappa shape index (κ2) is 6.84. The van der Waals surface area contributed by atoms with Crippen LogP contribution in [0.5, 0.6) is 5.75 Å². The molecule has 4 nitrogen and oxygen atoms in total. The van der Waals surface area contributed by atoms with E-state index in [0.717, 1.165) is 34.7 Å². The third kappa shape index (κ3) is 3.37. The normalized spacial score (nSPS) is 11.1. The third-order valence-electron chi connectivity index (χ3n) is 3.94. The molecule has 0 aliphatic carbocycles. The summed E-state index contributed by atoms with van der Waals surface area (Å²) >= 11 is 0. The molecule has 120 valence electrons. The molecule has 0 saturated heterocycles. The molecule has 1 aromatic heterocycles. The molecular formula is C19H22N2O2. The van der Waals surface area contributed by atoms with Gasteiger partial charge in [0, 0.05) is 13.7 Å². The van der Waals surface area contributed by atoms with Gasteiger partial charge in [0.05, 0.1) is 17.6 Å². The topological polar surface area (TPSA) is 36.3 Å². The number of nitrogens with zero attached hydrogens (tertiary/aromatic N) is 2. The molecule has 0 aliphatic rings. The first-order valence-corrected chi connectivity index (χ1v) is 7.82. The Morgan fingerprint density at radius 3 is 2.70 bits per heavy atom. The van der Waals surface area contributed by atoms with Crippen LogP contribution in [0.1, 0.15) is 17.0 Å². The average molecular weight is 310 g/mol. The number of ether oxygens (including phenoxy) is 2. The summed E-state index contributed by atoms with van der Waals surface area (Å²) in [6.07, 6.45) is 0. The number of para-hydroxylation sites is 2. The molecule has 0 spiro atoms. The van der Waals surface area contributed by atoms with Crippen molar-refractivity contribution in [2.45, 2.75) is 27.0 Å². The van der Waals surface area contributed by atoms with Crippen molar-refractivity contribution in [1.82, 2.24) is 9.55 Å². The minimum Gasteiger partial charge on any atom is -0.485 e. The second-order valence-electron chi connectivity index (χ2n) is 5.72. The molecule has 3 aromatic rings. The Balaban J connectivity index is 1.86. The zero-order valence-corrected chi connectivity index (χ0v) is 13.9. The van der Waals surface area contributed by atoms with Crippen molar-refractivity contribution in [3.05, 3.63) is 59.4 Å². The van der Waals surface area contributed by atoms with Crippen LogP contribution in [-0.4, -0.2) is 23.3 Å². The van der Waals surface area contributed by atoms with Crippen LogP contribution in [0.25, 0.3) is 11.0 Å². The van der Waals surface area contributed by atoms with Crippen LogP contribution in [0.4, 0.5) is 0 Å². The zero-order chi connectivity index (χ0) is 16.2. The minimum atomic E-state index is 0.447. The van der Waals surface area contributed by atoms with E-state index in [1.165, 1.54) is 5.56 Å². The number of hydrogen-bond donors (Lipinski definition) is 0. The van der Waals surface area contributed by atoms with E-state index in [1.54, 1.807) is 7.11 Å². The zero-order valence-electron chi connectivity index (χ0n) is 13.9. The van der Waals surface area contributed by atoms with Gasteiger partial charge < -0.3 is 14.0 Å². The van der Waals surface area contributed by atoms with Crippen molar-refractivity contribution in [3.63, 3.8) is 0 Å². The standard InChI is InChI=1S/C19H22N2O2/c1-14-8-9-18(15(2)12-14)23-13-19-20-16-6-4-5-7-17(16)21(19)10-11-22-3/h4-9,12H,10-11,13H2,1-3H3. The first-order valence-electron chi connectivity index (χ1n) is 7.82. The van der Waals surface area contributed by atoms with Crippen molar-refractivity contribution in [2.75, 3.05) is 13.7 Å². The number of aromatic nitrogens is 2. The number of benzene rings is 2. The number of methoxy groups -OCH3 is 1. The number of rotatable bonds is 6. The van der Waals surface area contributed by atoms with Gasteiger partial charge in [0.2, 0.25) is 0 Å². The molecule has 0 radical (unpaired) electrons. The number of aryl methyl sites for hydroxylation is 2. The molecule has 0 aliphatic heterocycles. The van der Waals surface area contributed by atoms with Crippen LogP contribution in [0.15, 0.2) is 42.5 Å². The Labute approximate surface area is 136 Å². The van der Waals surface area contributed by atoms with Crippen molar-refractivity contribution in [3.8, 4) is 5.75 Å². The SMILES string of the molecule is COCCn1c(COc2ccc(C)cc2C)nc2ccccc21. The van der Waals surface area contributed by atoms with E-state index in [9.17, 15) is 0 Å². The molecule has 3 rings (SSSR count). The monoisotopic (exact) mass is 310 g/mol. The lowest BCUT2D eigenvalue weighted by molar-refractivity contribution is 0.185. The highest BCUT2D eigenvalue weighted by atomic mass is 16.5. The molecule has 0 unspecified atom stereocenters. The van der Waals surface area contributed by atoms with Gasteiger partial charge in [-0.05, 0) is 37.6 Å². The number of fused-ring (bicyclic) bond motifs is 1. The lowest BCUT2D eigenvalue weighted by Gasteiger charge is -2.12. The van der Waals surface area contributed by atoms with E-state index in [1.807, 2.05) is 24.3 Å². The van der Waals surface area contributed by atoms with Crippen molar-refractivity contribution >= 4 is 11.0 Å². The first kappa shape index (κ1) is 15.6. The summed E-state index contributed by atoms with van der Waals surface area (Å²) in [6.45, 7) is 6.01. The first-order chi connectivity index (χ1) is 11.2. The van der Waals surface area contributed by atoms with E-state index < -0.39 is 0 Å². The molecule has 0 N–H and O–H groups in total. The molecule has 0 atom stereocenters. The summed E-state index contributed by atoms with van der Waals surface area (Å²) < 4.78 is 13.4. The summed E-state index contributed by atoms with van der Waals surface area (Å²) in [5.74, 6) is 1.82. The highest BCUT2D eigenvalue weighted by Crippen LogP contribution is 2.21. The van der Waals surface area contributed by atoms with Gasteiger partial charge in [0.15, 0.2) is 0 Å². The number of imidazole rings is 1. The van der Waals surface area contributed by atoms with Gasteiger partial charge in [-0.15, -0.1) is 0 Å². The molecule has 23 heavy (non-hydrogen) atoms. The Hall–Kier alpha value is -2.33. The summed E-state index contributed by atoms with van der Waals surface area (Å²) in [6, 6.07) is 14.4. The van der Waals surface area contributed by atoms with E-state index in [-0.39, 0.29) is 0 Å². The smallest absolute Gasteiger partial charge is 0.148 e. The van der Waals surface area contributed by atoms with Crippen LogP contribution >= 0.6 is 0 Å². The van der Waals surface area contributed by atoms with Crippen LogP contribution in [0, 0.1) is 13.8 Å². The van der Waals surface area contributed by atoms with Crippen LogP contribution < -0.4 is 4.74 Å². The highest BCUT2D eigenvalue weighted by molar-refractivity contribution is 5.75. The Kier molecular flexibility index (Phi) is 4.63. The lowest BCUT2D eigenvalue weighted by atomic mass is 10.1. The molecule has 0 saturated carbocycles. The molecular weight excluding hydrogens is 288 g/mol. The number of hydrogen-bond acceptors (Lipinski definition) is 3. The fourth-order valence-electron chi connectivity index (χ4n) is 2.77. The van der Waals surface area contributed by atoms with Gasteiger partial charge in [0.1, 0.15) is 18.2 Å². The van der Waals surface area contributed by atoms with Gasteiger partial charge >= 0.3 is 0 Å². The van der Waals surface area contributed by atoms with Gasteiger partial charge in [-0.2, -0.15) is 0 Å². The summed E-state index contributed by atoms with van der Waals surface area (Å²) in [5, 5.41) is 0. The van der Waals surface area contributed by atoms with Crippen molar-refractivity contribution in [2.24, 2.45) is 0 Å². The second-order valence-corrected chi connectivity index (χ2v) is 5.72. The van der Waals surface area contributed by atoms with Gasteiger partial charge in [-0.3, -0.25) is 0 Å². The fourth-order valence-corrected chi connectivity index (χ4v) is 2.77. The molecule has 0 amide bonds. The molecule has 2 aromatic carbocycles. The van der Waals surface area contributed by atoms with Crippen LogP contribution in [0.2, 0.25) is 0 Å². The summed E-state index contributed by atoms with van der Waals surface area (Å²) in [5.41, 5.74) is 4.48. The molecule has 0 bridgehead atoms. The van der Waals surface area contributed by atoms with Crippen LogP contribution in [-0.2, 0) is 17.9 Å². The molecule has 1 heterocycles. The maximum atomic E-state index is 6.00. The summed E-state index contributed by atoms with van der Waals surface area (Å²) in [4.78, 5) is 4.71. The minimum absolute atomic E-state index is 0.447. The average Bonchev–Trinajstić information content (AvgIpc) is 2.89. The van der Waals surface area contributed by atoms with Crippen molar-refractivity contribution in [1.29, 1.82) is 0 Å². The largest absolute Gasteiger partial charge is 0.485 e. The lowest BCUT2D eigenvalue weighted by Crippen LogP contribution is -2.11. The maximum absolute atomic E-state index is 6.00. The Bertz CT molecular complexity index is 808. The highest BCUT2D eigenvalue weighted by Gasteiger charge is 2.11. The van der Waals surface area contributed by atoms with Gasteiger partial charge in [-0.1, -0.05) is 29.8 Å². The summed E-state index contributed by atoms with van der Waals surface area (Å²) in [7, 11) is 1.71. The maximum Gasteiger partial charge on any atom is 0.148 e. The predicted molar refractivity (Wildman–Crippen MR) is 91.9 cm³/mol. The Morgan fingerprint density at radius 2 is 1.91 bits per heavy atom. The quantitative estimate of drug-likeness (QED) is 0.693. The van der Waals surface area contributed by atoms with E-state index in [2.05, 4.69) is 36.6 Å². The third-order valence-corrected chi connectivity index (χ3v) is 3.94. The van der Waals surface area contributed by atoms with E-state index in [4.69, 9.17) is 14.5 Å². The van der Waals surface area contributed by atoms with E-state index >= 15 is 0 Å².